The first kappa shape index (κ1) is 15.0. The van der Waals surface area contributed by atoms with Crippen molar-refractivity contribution in [2.24, 2.45) is 5.92 Å². The Bertz CT molecular complexity index is 584. The Morgan fingerprint density at radius 1 is 1.48 bits per heavy atom. The summed E-state index contributed by atoms with van der Waals surface area (Å²) in [6, 6.07) is 1.70. The Balaban J connectivity index is 1.90. The van der Waals surface area contributed by atoms with Gasteiger partial charge in [0.15, 0.2) is 0 Å². The summed E-state index contributed by atoms with van der Waals surface area (Å²) in [6.07, 6.45) is 2.70. The predicted octanol–water partition coefficient (Wildman–Crippen LogP) is 2.92. The fourth-order valence-corrected chi connectivity index (χ4v) is 4.28. The van der Waals surface area contributed by atoms with Crippen molar-refractivity contribution in [1.82, 2.24) is 10.2 Å². The number of amides is 2. The number of carbonyl (C=O) groups is 2. The van der Waals surface area contributed by atoms with Crippen LogP contribution in [0, 0.1) is 5.92 Å². The zero-order chi connectivity index (χ0) is 15.2. The van der Waals surface area contributed by atoms with E-state index in [1.165, 1.54) is 0 Å². The lowest BCUT2D eigenvalue weighted by molar-refractivity contribution is -0.158. The second-order valence-electron chi connectivity index (χ2n) is 6.07. The van der Waals surface area contributed by atoms with Crippen LogP contribution < -0.4 is 5.32 Å². The minimum atomic E-state index is -0.751. The monoisotopic (exact) mass is 370 g/mol. The van der Waals surface area contributed by atoms with Gasteiger partial charge < -0.3 is 10.2 Å². The molecule has 2 heterocycles. The van der Waals surface area contributed by atoms with E-state index < -0.39 is 5.54 Å². The summed E-state index contributed by atoms with van der Waals surface area (Å²) >= 11 is 5.05. The van der Waals surface area contributed by atoms with E-state index in [4.69, 9.17) is 0 Å². The van der Waals surface area contributed by atoms with Gasteiger partial charge in [-0.15, -0.1) is 11.3 Å². The van der Waals surface area contributed by atoms with E-state index in [1.54, 1.807) is 16.2 Å². The van der Waals surface area contributed by atoms with E-state index in [-0.39, 0.29) is 17.9 Å². The smallest absolute Gasteiger partial charge is 0.246 e. The van der Waals surface area contributed by atoms with Crippen molar-refractivity contribution < 1.29 is 9.59 Å². The van der Waals surface area contributed by atoms with Crippen molar-refractivity contribution in [3.63, 3.8) is 0 Å². The lowest BCUT2D eigenvalue weighted by Gasteiger charge is -2.46. The summed E-state index contributed by atoms with van der Waals surface area (Å²) < 4.78 is 1.02. The van der Waals surface area contributed by atoms with Crippen molar-refractivity contribution >= 4 is 39.1 Å². The lowest BCUT2D eigenvalue weighted by atomic mass is 9.89. The molecule has 2 fully saturated rings. The van der Waals surface area contributed by atoms with Crippen molar-refractivity contribution in [3.8, 4) is 0 Å². The Hall–Kier alpha value is -0.880. The van der Waals surface area contributed by atoms with Gasteiger partial charge in [0, 0.05) is 14.7 Å². The average Bonchev–Trinajstić information content (AvgIpc) is 3.22. The molecule has 2 atom stereocenters. The summed E-state index contributed by atoms with van der Waals surface area (Å²) in [5.41, 5.74) is -0.751. The zero-order valence-electron chi connectivity index (χ0n) is 12.2. The zero-order valence-corrected chi connectivity index (χ0v) is 14.6. The maximum absolute atomic E-state index is 12.8. The standard InChI is InChI=1S/C15H19BrN2O2S/c1-3-15(2)14(20)17-12(9-4-5-9)13(19)18(15)7-11-6-10(16)8-21-11/h6,8-9,12H,3-5,7H2,1-2H3,(H,17,20). The van der Waals surface area contributed by atoms with Crippen LogP contribution in [0.2, 0.25) is 0 Å². The highest BCUT2D eigenvalue weighted by atomic mass is 79.9. The molecule has 1 saturated carbocycles. The molecule has 21 heavy (non-hydrogen) atoms. The van der Waals surface area contributed by atoms with Crippen molar-refractivity contribution in [2.45, 2.75) is 51.2 Å². The molecule has 0 aromatic carbocycles. The van der Waals surface area contributed by atoms with Crippen LogP contribution >= 0.6 is 27.3 Å². The molecule has 0 radical (unpaired) electrons. The summed E-state index contributed by atoms with van der Waals surface area (Å²) in [5.74, 6) is 0.392. The van der Waals surface area contributed by atoms with Crippen molar-refractivity contribution in [2.75, 3.05) is 0 Å². The van der Waals surface area contributed by atoms with Crippen LogP contribution in [0.4, 0.5) is 0 Å². The molecule has 2 unspecified atom stereocenters. The van der Waals surface area contributed by atoms with E-state index in [0.717, 1.165) is 22.2 Å². The molecule has 0 spiro atoms. The largest absolute Gasteiger partial charge is 0.342 e. The summed E-state index contributed by atoms with van der Waals surface area (Å²) in [7, 11) is 0. The molecule has 114 valence electrons. The molecular weight excluding hydrogens is 352 g/mol. The van der Waals surface area contributed by atoms with Gasteiger partial charge >= 0.3 is 0 Å². The van der Waals surface area contributed by atoms with Crippen LogP contribution in [0.3, 0.4) is 0 Å². The van der Waals surface area contributed by atoms with E-state index in [9.17, 15) is 9.59 Å². The third-order valence-electron chi connectivity index (χ3n) is 4.62. The van der Waals surface area contributed by atoms with E-state index in [1.807, 2.05) is 25.3 Å². The van der Waals surface area contributed by atoms with E-state index >= 15 is 0 Å². The molecule has 4 nitrogen and oxygen atoms in total. The highest BCUT2D eigenvalue weighted by Gasteiger charge is 2.52. The Labute approximate surface area is 137 Å². The quantitative estimate of drug-likeness (QED) is 0.885. The van der Waals surface area contributed by atoms with Gasteiger partial charge in [0.1, 0.15) is 11.6 Å². The fraction of sp³-hybridized carbons (Fsp3) is 0.600. The Morgan fingerprint density at radius 3 is 2.71 bits per heavy atom. The Morgan fingerprint density at radius 2 is 2.19 bits per heavy atom. The number of nitrogens with one attached hydrogen (secondary N) is 1. The second kappa shape index (κ2) is 5.39. The van der Waals surface area contributed by atoms with Gasteiger partial charge in [-0.2, -0.15) is 0 Å². The van der Waals surface area contributed by atoms with Gasteiger partial charge in [0.25, 0.3) is 0 Å². The molecule has 1 aromatic rings. The molecular formula is C15H19BrN2O2S. The first-order valence-corrected chi connectivity index (χ1v) is 8.98. The number of carbonyl (C=O) groups excluding carboxylic acids is 2. The summed E-state index contributed by atoms with van der Waals surface area (Å²) in [5, 5.41) is 4.96. The molecule has 1 N–H and O–H groups in total. The molecule has 2 aliphatic rings. The van der Waals surface area contributed by atoms with Crippen LogP contribution in [-0.2, 0) is 16.1 Å². The number of rotatable bonds is 4. The van der Waals surface area contributed by atoms with Gasteiger partial charge in [0.05, 0.1) is 6.54 Å². The molecule has 1 saturated heterocycles. The molecule has 3 rings (SSSR count). The molecule has 6 heteroatoms. The minimum absolute atomic E-state index is 0.0166. The van der Waals surface area contributed by atoms with Crippen LogP contribution in [0.5, 0.6) is 0 Å². The van der Waals surface area contributed by atoms with Crippen molar-refractivity contribution in [1.29, 1.82) is 0 Å². The normalized spacial score (nSPS) is 29.7. The first-order valence-electron chi connectivity index (χ1n) is 7.31. The SMILES string of the molecule is CCC1(C)C(=O)NC(C2CC2)C(=O)N1Cc1cc(Br)cs1. The number of hydrogen-bond donors (Lipinski definition) is 1. The molecule has 1 aliphatic carbocycles. The third-order valence-corrected chi connectivity index (χ3v) is 6.30. The van der Waals surface area contributed by atoms with Gasteiger partial charge in [0.2, 0.25) is 11.8 Å². The van der Waals surface area contributed by atoms with Crippen LogP contribution in [0.25, 0.3) is 0 Å². The van der Waals surface area contributed by atoms with E-state index in [2.05, 4.69) is 21.2 Å². The lowest BCUT2D eigenvalue weighted by Crippen LogP contribution is -2.69. The van der Waals surface area contributed by atoms with Gasteiger partial charge in [-0.3, -0.25) is 9.59 Å². The number of halogens is 1. The molecule has 1 aromatic heterocycles. The van der Waals surface area contributed by atoms with Crippen LogP contribution in [-0.4, -0.2) is 28.3 Å². The van der Waals surface area contributed by atoms with Crippen molar-refractivity contribution in [3.05, 3.63) is 20.8 Å². The average molecular weight is 371 g/mol. The molecule has 1 aliphatic heterocycles. The second-order valence-corrected chi connectivity index (χ2v) is 7.98. The van der Waals surface area contributed by atoms with Crippen LogP contribution in [0.15, 0.2) is 15.9 Å². The maximum Gasteiger partial charge on any atom is 0.246 e. The number of piperazine rings is 1. The topological polar surface area (TPSA) is 49.4 Å². The summed E-state index contributed by atoms with van der Waals surface area (Å²) in [4.78, 5) is 28.3. The van der Waals surface area contributed by atoms with E-state index in [0.29, 0.717) is 18.9 Å². The first-order chi connectivity index (χ1) is 9.95. The van der Waals surface area contributed by atoms with Gasteiger partial charge in [-0.25, -0.2) is 0 Å². The number of nitrogens with zero attached hydrogens (tertiary/aromatic N) is 1. The highest BCUT2D eigenvalue weighted by Crippen LogP contribution is 2.38. The minimum Gasteiger partial charge on any atom is -0.342 e. The van der Waals surface area contributed by atoms with Crippen LogP contribution in [0.1, 0.15) is 38.0 Å². The Kier molecular flexibility index (Phi) is 3.86. The fourth-order valence-electron chi connectivity index (χ4n) is 2.84. The molecule has 2 amide bonds. The number of thiophene rings is 1. The maximum atomic E-state index is 12.8. The highest BCUT2D eigenvalue weighted by molar-refractivity contribution is 9.10. The number of hydrogen-bond acceptors (Lipinski definition) is 3. The predicted molar refractivity (Wildman–Crippen MR) is 85.9 cm³/mol. The third kappa shape index (κ3) is 2.63. The van der Waals surface area contributed by atoms with Gasteiger partial charge in [-0.05, 0) is 54.1 Å². The molecule has 0 bridgehead atoms. The van der Waals surface area contributed by atoms with Gasteiger partial charge in [-0.1, -0.05) is 6.92 Å². The summed E-state index contributed by atoms with van der Waals surface area (Å²) in [6.45, 7) is 4.34.